The van der Waals surface area contributed by atoms with Crippen molar-refractivity contribution in [3.63, 3.8) is 0 Å². The van der Waals surface area contributed by atoms with Gasteiger partial charge in [0.2, 0.25) is 5.91 Å². The van der Waals surface area contributed by atoms with Crippen LogP contribution in [0.2, 0.25) is 0 Å². The first-order valence-electron chi connectivity index (χ1n) is 7.56. The number of hydrogen-bond donors (Lipinski definition) is 2. The topological polar surface area (TPSA) is 74.8 Å². The second-order valence-corrected chi connectivity index (χ2v) is 6.29. The number of H-pyrrole nitrogens is 1. The number of aryl methyl sites for hydroxylation is 2. The van der Waals surface area contributed by atoms with Crippen molar-refractivity contribution in [2.45, 2.75) is 38.4 Å². The molecule has 0 aliphatic heterocycles. The molecule has 0 unspecified atom stereocenters. The van der Waals surface area contributed by atoms with E-state index in [1.54, 1.807) is 26.0 Å². The number of carbonyl (C=O) groups excluding carboxylic acids is 1. The minimum absolute atomic E-state index is 0.179. The van der Waals surface area contributed by atoms with Crippen LogP contribution in [0, 0.1) is 19.7 Å². The Balaban J connectivity index is 1.91. The highest BCUT2D eigenvalue weighted by atomic mass is 32.2. The third-order valence-corrected chi connectivity index (χ3v) is 4.30. The lowest BCUT2D eigenvalue weighted by molar-refractivity contribution is -0.121. The molecule has 0 bridgehead atoms. The van der Waals surface area contributed by atoms with E-state index in [0.717, 1.165) is 0 Å². The molecular weight excluding hydrogens is 329 g/mol. The number of aromatic amines is 1. The van der Waals surface area contributed by atoms with Gasteiger partial charge in [-0.15, -0.1) is 0 Å². The second-order valence-electron chi connectivity index (χ2n) is 5.50. The number of nitrogens with zero attached hydrogens (tertiary/aromatic N) is 1. The molecule has 24 heavy (non-hydrogen) atoms. The average Bonchev–Trinajstić information content (AvgIpc) is 2.55. The fraction of sp³-hybridized carbons (Fsp3) is 0.353. The lowest BCUT2D eigenvalue weighted by Gasteiger charge is -2.08. The van der Waals surface area contributed by atoms with Crippen LogP contribution in [0.15, 0.2) is 28.2 Å². The fourth-order valence-electron chi connectivity index (χ4n) is 2.25. The zero-order valence-corrected chi connectivity index (χ0v) is 14.7. The Morgan fingerprint density at radius 3 is 2.75 bits per heavy atom. The smallest absolute Gasteiger partial charge is 0.254 e. The molecule has 0 aliphatic carbocycles. The summed E-state index contributed by atoms with van der Waals surface area (Å²) in [5.74, 6) is -0.479. The molecule has 2 N–H and O–H groups in total. The van der Waals surface area contributed by atoms with Crippen molar-refractivity contribution in [1.82, 2.24) is 15.3 Å². The SMILES string of the molecule is CSc1nc(C)c(CCC(=O)NCc2ccc(C)c(F)c2)c(=O)[nH]1. The van der Waals surface area contributed by atoms with E-state index < -0.39 is 0 Å². The number of benzene rings is 1. The Hall–Kier alpha value is -2.15. The third kappa shape index (κ3) is 4.67. The van der Waals surface area contributed by atoms with Crippen molar-refractivity contribution in [3.8, 4) is 0 Å². The Labute approximate surface area is 144 Å². The molecule has 0 fully saturated rings. The molecule has 1 aromatic carbocycles. The zero-order valence-electron chi connectivity index (χ0n) is 13.9. The van der Waals surface area contributed by atoms with E-state index in [1.807, 2.05) is 6.26 Å². The molecule has 0 saturated heterocycles. The van der Waals surface area contributed by atoms with Gasteiger partial charge in [0, 0.05) is 24.2 Å². The first kappa shape index (κ1) is 18.2. The Kier molecular flexibility index (Phi) is 6.14. The summed E-state index contributed by atoms with van der Waals surface area (Å²) in [5, 5.41) is 3.30. The van der Waals surface area contributed by atoms with Crippen molar-refractivity contribution in [2.75, 3.05) is 6.26 Å². The second kappa shape index (κ2) is 8.10. The molecule has 7 heteroatoms. The minimum atomic E-state index is -0.288. The molecule has 0 radical (unpaired) electrons. The van der Waals surface area contributed by atoms with E-state index in [1.165, 1.54) is 17.8 Å². The quantitative estimate of drug-likeness (QED) is 0.621. The molecule has 0 aliphatic rings. The van der Waals surface area contributed by atoms with Crippen LogP contribution in [0.3, 0.4) is 0 Å². The fourth-order valence-corrected chi connectivity index (χ4v) is 2.67. The Morgan fingerprint density at radius 1 is 1.38 bits per heavy atom. The molecule has 0 atom stereocenters. The van der Waals surface area contributed by atoms with Crippen molar-refractivity contribution in [1.29, 1.82) is 0 Å². The van der Waals surface area contributed by atoms with Gasteiger partial charge < -0.3 is 10.3 Å². The zero-order chi connectivity index (χ0) is 17.7. The maximum Gasteiger partial charge on any atom is 0.254 e. The van der Waals surface area contributed by atoms with E-state index in [0.29, 0.717) is 34.0 Å². The van der Waals surface area contributed by atoms with Gasteiger partial charge in [-0.25, -0.2) is 9.37 Å². The summed E-state index contributed by atoms with van der Waals surface area (Å²) < 4.78 is 13.5. The van der Waals surface area contributed by atoms with Crippen LogP contribution >= 0.6 is 11.8 Å². The largest absolute Gasteiger partial charge is 0.352 e. The van der Waals surface area contributed by atoms with E-state index in [2.05, 4.69) is 15.3 Å². The van der Waals surface area contributed by atoms with Crippen LogP contribution in [-0.4, -0.2) is 22.1 Å². The maximum atomic E-state index is 13.5. The van der Waals surface area contributed by atoms with Crippen LogP contribution in [-0.2, 0) is 17.8 Å². The lowest BCUT2D eigenvalue weighted by atomic mass is 10.1. The van der Waals surface area contributed by atoms with Crippen molar-refractivity contribution in [3.05, 3.63) is 56.8 Å². The van der Waals surface area contributed by atoms with E-state index in [-0.39, 0.29) is 30.2 Å². The van der Waals surface area contributed by atoms with Crippen LogP contribution in [0.1, 0.15) is 28.8 Å². The summed E-state index contributed by atoms with van der Waals surface area (Å²) in [6.07, 6.45) is 2.33. The number of halogens is 1. The molecule has 1 heterocycles. The highest BCUT2D eigenvalue weighted by molar-refractivity contribution is 7.98. The van der Waals surface area contributed by atoms with Gasteiger partial charge in [-0.05, 0) is 43.7 Å². The molecule has 1 aromatic heterocycles. The predicted molar refractivity (Wildman–Crippen MR) is 92.7 cm³/mol. The van der Waals surface area contributed by atoms with Gasteiger partial charge in [0.25, 0.3) is 5.56 Å². The summed E-state index contributed by atoms with van der Waals surface area (Å²) >= 11 is 1.36. The molecule has 1 amide bonds. The summed E-state index contributed by atoms with van der Waals surface area (Å²) in [7, 11) is 0. The standard InChI is InChI=1S/C17H20FN3O2S/c1-10-4-5-12(8-14(10)18)9-19-15(22)7-6-13-11(2)20-17(24-3)21-16(13)23/h4-5,8H,6-7,9H2,1-3H3,(H,19,22)(H,20,21,23). The number of hydrogen-bond acceptors (Lipinski definition) is 4. The van der Waals surface area contributed by atoms with Gasteiger partial charge in [0.15, 0.2) is 5.16 Å². The summed E-state index contributed by atoms with van der Waals surface area (Å²) in [5.41, 5.74) is 2.22. The van der Waals surface area contributed by atoms with Crippen LogP contribution in [0.25, 0.3) is 0 Å². The highest BCUT2D eigenvalue weighted by Gasteiger charge is 2.10. The molecular formula is C17H20FN3O2S. The summed E-state index contributed by atoms with van der Waals surface area (Å²) in [4.78, 5) is 30.9. The summed E-state index contributed by atoms with van der Waals surface area (Å²) in [6.45, 7) is 3.71. The van der Waals surface area contributed by atoms with Gasteiger partial charge in [0.1, 0.15) is 5.82 Å². The number of rotatable bonds is 6. The molecule has 128 valence electrons. The Morgan fingerprint density at radius 2 is 2.12 bits per heavy atom. The third-order valence-electron chi connectivity index (χ3n) is 3.72. The molecule has 0 spiro atoms. The number of carbonyl (C=O) groups is 1. The predicted octanol–water partition coefficient (Wildman–Crippen LogP) is 2.50. The van der Waals surface area contributed by atoms with Gasteiger partial charge in [0.05, 0.1) is 0 Å². The van der Waals surface area contributed by atoms with Gasteiger partial charge >= 0.3 is 0 Å². The number of thioether (sulfide) groups is 1. The van der Waals surface area contributed by atoms with Crippen molar-refractivity contribution in [2.24, 2.45) is 0 Å². The van der Waals surface area contributed by atoms with E-state index in [9.17, 15) is 14.0 Å². The van der Waals surface area contributed by atoms with Gasteiger partial charge in [-0.1, -0.05) is 23.9 Å². The first-order chi connectivity index (χ1) is 11.4. The first-order valence-corrected chi connectivity index (χ1v) is 8.78. The van der Waals surface area contributed by atoms with Gasteiger partial charge in [-0.3, -0.25) is 9.59 Å². The molecule has 0 saturated carbocycles. The van der Waals surface area contributed by atoms with Gasteiger partial charge in [-0.2, -0.15) is 0 Å². The lowest BCUT2D eigenvalue weighted by Crippen LogP contribution is -2.25. The van der Waals surface area contributed by atoms with Crippen molar-refractivity contribution < 1.29 is 9.18 Å². The van der Waals surface area contributed by atoms with Crippen LogP contribution in [0.5, 0.6) is 0 Å². The van der Waals surface area contributed by atoms with E-state index in [4.69, 9.17) is 0 Å². The average molecular weight is 349 g/mol. The summed E-state index contributed by atoms with van der Waals surface area (Å²) in [6, 6.07) is 4.87. The highest BCUT2D eigenvalue weighted by Crippen LogP contribution is 2.10. The van der Waals surface area contributed by atoms with Crippen LogP contribution < -0.4 is 10.9 Å². The number of aromatic nitrogens is 2. The molecule has 2 aromatic rings. The number of nitrogens with one attached hydrogen (secondary N) is 2. The van der Waals surface area contributed by atoms with E-state index >= 15 is 0 Å². The number of amides is 1. The molecule has 2 rings (SSSR count). The monoisotopic (exact) mass is 349 g/mol. The van der Waals surface area contributed by atoms with Crippen LogP contribution in [0.4, 0.5) is 4.39 Å². The minimum Gasteiger partial charge on any atom is -0.352 e. The van der Waals surface area contributed by atoms with Crippen molar-refractivity contribution >= 4 is 17.7 Å². The molecule has 5 nitrogen and oxygen atoms in total. The Bertz CT molecular complexity index is 805. The normalized spacial score (nSPS) is 10.7. The maximum absolute atomic E-state index is 13.5.